The molecule has 1 saturated heterocycles. The van der Waals surface area contributed by atoms with Gasteiger partial charge < -0.3 is 20.7 Å². The maximum atomic E-state index is 13.1. The Morgan fingerprint density at radius 2 is 1.90 bits per heavy atom. The first kappa shape index (κ1) is 23.7. The molecule has 0 saturated carbocycles. The topological polar surface area (TPSA) is 84.7 Å². The van der Waals surface area contributed by atoms with Crippen LogP contribution in [0.1, 0.15) is 36.9 Å². The number of hydrogen-bond acceptors (Lipinski definition) is 4. The molecule has 2 amide bonds. The average Bonchev–Trinajstić information content (AvgIpc) is 3.23. The van der Waals surface area contributed by atoms with E-state index in [2.05, 4.69) is 5.32 Å². The van der Waals surface area contributed by atoms with Crippen LogP contribution in [0.15, 0.2) is 48.5 Å². The third-order valence-electron chi connectivity index (χ3n) is 5.56. The molecule has 1 fully saturated rings. The van der Waals surface area contributed by atoms with Crippen LogP contribution in [-0.2, 0) is 9.59 Å². The Bertz CT molecular complexity index is 875. The lowest BCUT2D eigenvalue weighted by molar-refractivity contribution is -0.140. The van der Waals surface area contributed by atoms with E-state index in [0.717, 1.165) is 17.5 Å². The van der Waals surface area contributed by atoms with Gasteiger partial charge in [-0.15, -0.1) is 12.4 Å². The van der Waals surface area contributed by atoms with E-state index in [4.69, 9.17) is 10.5 Å². The molecule has 1 aliphatic heterocycles. The van der Waals surface area contributed by atoms with Crippen molar-refractivity contribution in [1.29, 1.82) is 0 Å². The Morgan fingerprint density at radius 3 is 2.57 bits per heavy atom. The number of halogens is 1. The van der Waals surface area contributed by atoms with Crippen molar-refractivity contribution in [2.45, 2.75) is 38.8 Å². The number of hydrogen-bond donors (Lipinski definition) is 2. The van der Waals surface area contributed by atoms with E-state index >= 15 is 0 Å². The normalized spacial score (nSPS) is 17.6. The van der Waals surface area contributed by atoms with Gasteiger partial charge in [0, 0.05) is 12.6 Å². The van der Waals surface area contributed by atoms with Gasteiger partial charge in [-0.05, 0) is 43.0 Å². The predicted octanol–water partition coefficient (Wildman–Crippen LogP) is 3.69. The van der Waals surface area contributed by atoms with Crippen molar-refractivity contribution < 1.29 is 14.3 Å². The molecule has 3 rings (SSSR count). The predicted molar refractivity (Wildman–Crippen MR) is 121 cm³/mol. The van der Waals surface area contributed by atoms with E-state index in [1.54, 1.807) is 12.0 Å². The Morgan fingerprint density at radius 1 is 1.20 bits per heavy atom. The minimum Gasteiger partial charge on any atom is -0.495 e. The average molecular weight is 432 g/mol. The monoisotopic (exact) mass is 431 g/mol. The summed E-state index contributed by atoms with van der Waals surface area (Å²) in [6.45, 7) is 4.34. The largest absolute Gasteiger partial charge is 0.495 e. The summed E-state index contributed by atoms with van der Waals surface area (Å²) in [6, 6.07) is 14.3. The number of amides is 2. The highest BCUT2D eigenvalue weighted by molar-refractivity contribution is 5.99. The summed E-state index contributed by atoms with van der Waals surface area (Å²) >= 11 is 0. The van der Waals surface area contributed by atoms with Crippen LogP contribution < -0.4 is 15.8 Å². The molecular weight excluding hydrogens is 402 g/mol. The fraction of sp³-hybridized carbons (Fsp3) is 0.391. The van der Waals surface area contributed by atoms with Crippen LogP contribution in [0, 0.1) is 12.8 Å². The lowest BCUT2D eigenvalue weighted by Gasteiger charge is -2.29. The summed E-state index contributed by atoms with van der Waals surface area (Å²) in [5.41, 5.74) is 8.89. The van der Waals surface area contributed by atoms with Gasteiger partial charge in [-0.1, -0.05) is 43.3 Å². The summed E-state index contributed by atoms with van der Waals surface area (Å²) < 4.78 is 5.35. The second-order valence-electron chi connectivity index (χ2n) is 7.61. The quantitative estimate of drug-likeness (QED) is 0.730. The van der Waals surface area contributed by atoms with E-state index in [-0.39, 0.29) is 24.2 Å². The van der Waals surface area contributed by atoms with E-state index in [1.807, 2.05) is 62.4 Å². The zero-order chi connectivity index (χ0) is 21.0. The SMILES string of the molecule is COc1ccc(C)cc1NC(=O)C1CCCN1C(=O)C(C)C(N)c1ccccc1.Cl. The minimum absolute atomic E-state index is 0. The number of rotatable bonds is 6. The van der Waals surface area contributed by atoms with Gasteiger partial charge in [0.2, 0.25) is 11.8 Å². The Labute approximate surface area is 184 Å². The van der Waals surface area contributed by atoms with Gasteiger partial charge in [-0.2, -0.15) is 0 Å². The van der Waals surface area contributed by atoms with Crippen molar-refractivity contribution in [2.24, 2.45) is 11.7 Å². The molecule has 162 valence electrons. The highest BCUT2D eigenvalue weighted by Crippen LogP contribution is 2.29. The number of nitrogens with one attached hydrogen (secondary N) is 1. The summed E-state index contributed by atoms with van der Waals surface area (Å²) in [7, 11) is 1.57. The molecule has 6 nitrogen and oxygen atoms in total. The molecule has 7 heteroatoms. The first-order valence-electron chi connectivity index (χ1n) is 9.99. The third-order valence-corrected chi connectivity index (χ3v) is 5.56. The van der Waals surface area contributed by atoms with Crippen LogP contribution in [0.3, 0.4) is 0 Å². The van der Waals surface area contributed by atoms with E-state index in [9.17, 15) is 9.59 Å². The van der Waals surface area contributed by atoms with Crippen molar-refractivity contribution in [3.05, 3.63) is 59.7 Å². The van der Waals surface area contributed by atoms with Crippen LogP contribution in [0.4, 0.5) is 5.69 Å². The first-order valence-corrected chi connectivity index (χ1v) is 9.99. The van der Waals surface area contributed by atoms with Gasteiger partial charge >= 0.3 is 0 Å². The summed E-state index contributed by atoms with van der Waals surface area (Å²) in [6.07, 6.45) is 1.43. The van der Waals surface area contributed by atoms with Crippen molar-refractivity contribution in [1.82, 2.24) is 4.90 Å². The second kappa shape index (κ2) is 10.5. The second-order valence-corrected chi connectivity index (χ2v) is 7.61. The molecule has 0 radical (unpaired) electrons. The zero-order valence-corrected chi connectivity index (χ0v) is 18.4. The number of aryl methyl sites for hydroxylation is 1. The van der Waals surface area contributed by atoms with Crippen LogP contribution >= 0.6 is 12.4 Å². The van der Waals surface area contributed by atoms with Gasteiger partial charge in [-0.25, -0.2) is 0 Å². The Hall–Kier alpha value is -2.57. The number of ether oxygens (including phenoxy) is 1. The number of benzene rings is 2. The molecule has 1 heterocycles. The molecular formula is C23H30ClN3O3. The van der Waals surface area contributed by atoms with E-state index < -0.39 is 18.0 Å². The molecule has 30 heavy (non-hydrogen) atoms. The summed E-state index contributed by atoms with van der Waals surface area (Å²) in [5.74, 6) is -0.103. The van der Waals surface area contributed by atoms with Crippen LogP contribution in [0.2, 0.25) is 0 Å². The Kier molecular flexibility index (Phi) is 8.26. The molecule has 3 N–H and O–H groups in total. The number of methoxy groups -OCH3 is 1. The zero-order valence-electron chi connectivity index (χ0n) is 17.6. The molecule has 2 aromatic rings. The molecule has 3 atom stereocenters. The lowest BCUT2D eigenvalue weighted by atomic mass is 9.94. The van der Waals surface area contributed by atoms with Gasteiger partial charge in [-0.3, -0.25) is 9.59 Å². The van der Waals surface area contributed by atoms with Crippen LogP contribution in [-0.4, -0.2) is 36.4 Å². The number of anilines is 1. The van der Waals surface area contributed by atoms with Crippen molar-refractivity contribution >= 4 is 29.9 Å². The molecule has 1 aliphatic rings. The third kappa shape index (κ3) is 5.12. The Balaban J connectivity index is 0.00000320. The maximum Gasteiger partial charge on any atom is 0.247 e. The number of carbonyl (C=O) groups is 2. The highest BCUT2D eigenvalue weighted by Gasteiger charge is 2.37. The molecule has 3 unspecified atom stereocenters. The summed E-state index contributed by atoms with van der Waals surface area (Å²) in [5, 5.41) is 2.94. The van der Waals surface area contributed by atoms with Gasteiger partial charge in [0.25, 0.3) is 0 Å². The van der Waals surface area contributed by atoms with Crippen molar-refractivity contribution in [2.75, 3.05) is 19.0 Å². The fourth-order valence-corrected chi connectivity index (χ4v) is 3.82. The van der Waals surface area contributed by atoms with Crippen molar-refractivity contribution in [3.63, 3.8) is 0 Å². The summed E-state index contributed by atoms with van der Waals surface area (Å²) in [4.78, 5) is 27.8. The fourth-order valence-electron chi connectivity index (χ4n) is 3.82. The smallest absolute Gasteiger partial charge is 0.247 e. The minimum atomic E-state index is -0.502. The highest BCUT2D eigenvalue weighted by atomic mass is 35.5. The van der Waals surface area contributed by atoms with Gasteiger partial charge in [0.1, 0.15) is 11.8 Å². The molecule has 0 aliphatic carbocycles. The molecule has 0 aromatic heterocycles. The van der Waals surface area contributed by atoms with Crippen LogP contribution in [0.25, 0.3) is 0 Å². The van der Waals surface area contributed by atoms with Crippen LogP contribution in [0.5, 0.6) is 5.75 Å². The standard InChI is InChI=1S/C23H29N3O3.ClH/c1-15-11-12-20(29-3)18(14-15)25-22(27)19-10-7-13-26(19)23(28)16(2)21(24)17-8-5-4-6-9-17;/h4-6,8-9,11-12,14,16,19,21H,7,10,13,24H2,1-3H3,(H,25,27);1H. The number of carbonyl (C=O) groups excluding carboxylic acids is 2. The number of nitrogens with two attached hydrogens (primary N) is 1. The molecule has 0 bridgehead atoms. The van der Waals surface area contributed by atoms with Gasteiger partial charge in [0.15, 0.2) is 0 Å². The molecule has 0 spiro atoms. The van der Waals surface area contributed by atoms with E-state index in [0.29, 0.717) is 24.4 Å². The number of nitrogens with zero attached hydrogens (tertiary/aromatic N) is 1. The van der Waals surface area contributed by atoms with Gasteiger partial charge in [0.05, 0.1) is 18.7 Å². The van der Waals surface area contributed by atoms with Crippen molar-refractivity contribution in [3.8, 4) is 5.75 Å². The molecule has 2 aromatic carbocycles. The first-order chi connectivity index (χ1) is 13.9. The maximum absolute atomic E-state index is 13.1. The number of likely N-dealkylation sites (tertiary alicyclic amines) is 1. The van der Waals surface area contributed by atoms with E-state index in [1.165, 1.54) is 0 Å². The lowest BCUT2D eigenvalue weighted by Crippen LogP contribution is -2.47.